The van der Waals surface area contributed by atoms with E-state index in [2.05, 4.69) is 10.6 Å². The number of carbonyl (C=O) groups is 1. The lowest BCUT2D eigenvalue weighted by Crippen LogP contribution is -2.37. The van der Waals surface area contributed by atoms with Gasteiger partial charge in [0.2, 0.25) is 10.0 Å². The number of likely N-dealkylation sites (N-methyl/N-ethyl adjacent to an activating group) is 1. The van der Waals surface area contributed by atoms with Crippen LogP contribution in [0.25, 0.3) is 11.3 Å². The number of nitro benzene ring substituents is 1. The molecule has 0 aliphatic carbocycles. The van der Waals surface area contributed by atoms with E-state index in [1.165, 1.54) is 22.5 Å². The van der Waals surface area contributed by atoms with Gasteiger partial charge in [-0.15, -0.1) is 0 Å². The Kier molecular flexibility index (Phi) is 8.56. The average molecular weight is 598 g/mol. The molecule has 4 aromatic rings. The summed E-state index contributed by atoms with van der Waals surface area (Å²) in [5.41, 5.74) is 4.03. The standard InChI is InChI=1S/C32H31N5O5S/c1-35(2)19-20-36(43(41,42)22-23-9-5-3-6-10-23)26-15-13-25(14-16-26)33-31(24-11-7-4-8-12-24)30-28-21-27(37(39)40)17-18-29(28)34-32(30)38/h3-18,21,33H,19-20,22H2,1-2H3,(H,34,38)/b31-30-. The lowest BCUT2D eigenvalue weighted by atomic mass is 9.99. The van der Waals surface area contributed by atoms with Crippen LogP contribution in [0.5, 0.6) is 0 Å². The van der Waals surface area contributed by atoms with Crippen LogP contribution < -0.4 is 14.9 Å². The maximum Gasteiger partial charge on any atom is 0.270 e. The molecule has 1 aliphatic rings. The van der Waals surface area contributed by atoms with Crippen molar-refractivity contribution in [3.63, 3.8) is 0 Å². The number of non-ortho nitro benzene ring substituents is 1. The highest BCUT2D eigenvalue weighted by Crippen LogP contribution is 2.39. The van der Waals surface area contributed by atoms with Gasteiger partial charge >= 0.3 is 0 Å². The summed E-state index contributed by atoms with van der Waals surface area (Å²) >= 11 is 0. The number of anilines is 3. The number of fused-ring (bicyclic) bond motifs is 1. The van der Waals surface area contributed by atoms with Crippen molar-refractivity contribution in [3.05, 3.63) is 130 Å². The van der Waals surface area contributed by atoms with Gasteiger partial charge in [-0.3, -0.25) is 19.2 Å². The Morgan fingerprint density at radius 1 is 0.884 bits per heavy atom. The smallest absolute Gasteiger partial charge is 0.270 e. The summed E-state index contributed by atoms with van der Waals surface area (Å²) in [6, 6.07) is 29.5. The van der Waals surface area contributed by atoms with Crippen molar-refractivity contribution in [2.75, 3.05) is 42.1 Å². The number of benzene rings is 4. The molecule has 0 fully saturated rings. The molecule has 0 saturated heterocycles. The first-order chi connectivity index (χ1) is 20.6. The Balaban J connectivity index is 1.51. The molecule has 1 amide bonds. The second-order valence-corrected chi connectivity index (χ2v) is 12.2. The zero-order chi connectivity index (χ0) is 30.6. The van der Waals surface area contributed by atoms with Crippen LogP contribution in [0.1, 0.15) is 16.7 Å². The number of hydrogen-bond acceptors (Lipinski definition) is 7. The minimum atomic E-state index is -3.70. The summed E-state index contributed by atoms with van der Waals surface area (Å²) in [5, 5.41) is 17.6. The van der Waals surface area contributed by atoms with Gasteiger partial charge in [-0.25, -0.2) is 8.42 Å². The number of nitrogens with zero attached hydrogens (tertiary/aromatic N) is 3. The predicted molar refractivity (Wildman–Crippen MR) is 170 cm³/mol. The highest BCUT2D eigenvalue weighted by Gasteiger charge is 2.30. The largest absolute Gasteiger partial charge is 0.354 e. The second kappa shape index (κ2) is 12.5. The monoisotopic (exact) mass is 597 g/mol. The van der Waals surface area contributed by atoms with Crippen LogP contribution in [0.3, 0.4) is 0 Å². The Hall–Kier alpha value is -5.00. The molecule has 1 aliphatic heterocycles. The van der Waals surface area contributed by atoms with Crippen LogP contribution in [-0.4, -0.2) is 51.3 Å². The van der Waals surface area contributed by atoms with Crippen LogP contribution in [0.4, 0.5) is 22.7 Å². The van der Waals surface area contributed by atoms with E-state index >= 15 is 0 Å². The van der Waals surface area contributed by atoms with Crippen LogP contribution >= 0.6 is 0 Å². The van der Waals surface area contributed by atoms with E-state index in [4.69, 9.17) is 0 Å². The normalized spacial score (nSPS) is 13.8. The molecular weight excluding hydrogens is 566 g/mol. The maximum atomic E-state index is 13.6. The van der Waals surface area contributed by atoms with Crippen LogP contribution in [0.2, 0.25) is 0 Å². The zero-order valence-corrected chi connectivity index (χ0v) is 24.5. The molecule has 5 rings (SSSR count). The van der Waals surface area contributed by atoms with Crippen molar-refractivity contribution >= 4 is 50.0 Å². The summed E-state index contributed by atoms with van der Waals surface area (Å²) in [4.78, 5) is 26.1. The number of hydrogen-bond donors (Lipinski definition) is 2. The second-order valence-electron chi connectivity index (χ2n) is 10.3. The molecule has 0 spiro atoms. The van der Waals surface area contributed by atoms with Crippen LogP contribution in [-0.2, 0) is 20.6 Å². The number of nitrogens with one attached hydrogen (secondary N) is 2. The van der Waals surface area contributed by atoms with E-state index in [-0.39, 0.29) is 29.5 Å². The summed E-state index contributed by atoms with van der Waals surface area (Å²) < 4.78 is 28.5. The Bertz CT molecular complexity index is 1770. The van der Waals surface area contributed by atoms with Crippen molar-refractivity contribution < 1.29 is 18.1 Å². The summed E-state index contributed by atoms with van der Waals surface area (Å²) in [6.07, 6.45) is 0. The molecular formula is C32H31N5O5S. The van der Waals surface area contributed by atoms with Gasteiger partial charge in [0.1, 0.15) is 0 Å². The molecule has 0 radical (unpaired) electrons. The highest BCUT2D eigenvalue weighted by atomic mass is 32.2. The van der Waals surface area contributed by atoms with Crippen molar-refractivity contribution in [3.8, 4) is 0 Å². The van der Waals surface area contributed by atoms with Crippen molar-refractivity contribution in [2.45, 2.75) is 5.75 Å². The summed E-state index contributed by atoms with van der Waals surface area (Å²) in [7, 11) is 0.0779. The van der Waals surface area contributed by atoms with Gasteiger partial charge in [-0.1, -0.05) is 60.7 Å². The third-order valence-corrected chi connectivity index (χ3v) is 8.74. The summed E-state index contributed by atoms with van der Waals surface area (Å²) in [5.74, 6) is -0.521. The van der Waals surface area contributed by atoms with Gasteiger partial charge in [-0.05, 0) is 55.6 Å². The molecule has 11 heteroatoms. The fourth-order valence-electron chi connectivity index (χ4n) is 4.84. The topological polar surface area (TPSA) is 125 Å². The number of rotatable bonds is 11. The third-order valence-electron chi connectivity index (χ3n) is 6.97. The Morgan fingerprint density at radius 3 is 2.16 bits per heavy atom. The SMILES string of the molecule is CN(C)CCN(c1ccc(N/C(=C2\C(=O)Nc3ccc([N+](=O)[O-])cc32)c2ccccc2)cc1)S(=O)(=O)Cc1ccccc1. The molecule has 2 N–H and O–H groups in total. The lowest BCUT2D eigenvalue weighted by Gasteiger charge is -2.26. The van der Waals surface area contributed by atoms with Gasteiger partial charge in [-0.2, -0.15) is 0 Å². The molecule has 0 bridgehead atoms. The number of sulfonamides is 1. The van der Waals surface area contributed by atoms with E-state index in [0.717, 1.165) is 0 Å². The Morgan fingerprint density at radius 2 is 1.53 bits per heavy atom. The van der Waals surface area contributed by atoms with Crippen LogP contribution in [0.15, 0.2) is 103 Å². The fourth-order valence-corrected chi connectivity index (χ4v) is 6.41. The molecule has 43 heavy (non-hydrogen) atoms. The molecule has 220 valence electrons. The van der Waals surface area contributed by atoms with Crippen LogP contribution in [0, 0.1) is 10.1 Å². The van der Waals surface area contributed by atoms with Gasteiger partial charge in [0.05, 0.1) is 27.6 Å². The van der Waals surface area contributed by atoms with E-state index in [1.807, 2.05) is 67.5 Å². The van der Waals surface area contributed by atoms with E-state index in [1.54, 1.807) is 36.4 Å². The number of carbonyl (C=O) groups excluding carboxylic acids is 1. The molecule has 0 atom stereocenters. The molecule has 0 aromatic heterocycles. The zero-order valence-electron chi connectivity index (χ0n) is 23.7. The van der Waals surface area contributed by atoms with Gasteiger partial charge < -0.3 is 15.5 Å². The quantitative estimate of drug-likeness (QED) is 0.134. The van der Waals surface area contributed by atoms with E-state index < -0.39 is 14.9 Å². The lowest BCUT2D eigenvalue weighted by molar-refractivity contribution is -0.384. The van der Waals surface area contributed by atoms with Crippen molar-refractivity contribution in [2.24, 2.45) is 0 Å². The maximum absolute atomic E-state index is 13.6. The molecule has 0 unspecified atom stereocenters. The van der Waals surface area contributed by atoms with Gasteiger partial charge in [0.25, 0.3) is 11.6 Å². The molecule has 1 heterocycles. The minimum Gasteiger partial charge on any atom is -0.354 e. The van der Waals surface area contributed by atoms with Gasteiger partial charge in [0, 0.05) is 42.2 Å². The van der Waals surface area contributed by atoms with Crippen molar-refractivity contribution in [1.29, 1.82) is 0 Å². The Labute approximate surface area is 250 Å². The first-order valence-corrected chi connectivity index (χ1v) is 15.2. The third kappa shape index (κ3) is 6.74. The average Bonchev–Trinajstić information content (AvgIpc) is 3.31. The molecule has 10 nitrogen and oxygen atoms in total. The highest BCUT2D eigenvalue weighted by molar-refractivity contribution is 7.92. The molecule has 0 saturated carbocycles. The predicted octanol–water partition coefficient (Wildman–Crippen LogP) is 5.43. The van der Waals surface area contributed by atoms with E-state index in [9.17, 15) is 23.3 Å². The van der Waals surface area contributed by atoms with Gasteiger partial charge in [0.15, 0.2) is 0 Å². The number of nitro groups is 1. The fraction of sp³-hybridized carbons (Fsp3) is 0.156. The number of amides is 1. The first-order valence-electron chi connectivity index (χ1n) is 13.6. The first kappa shape index (κ1) is 29.5. The molecule has 4 aromatic carbocycles. The van der Waals surface area contributed by atoms with Crippen molar-refractivity contribution in [1.82, 2.24) is 4.90 Å². The minimum absolute atomic E-state index is 0.126. The van der Waals surface area contributed by atoms with E-state index in [0.29, 0.717) is 46.0 Å². The summed E-state index contributed by atoms with van der Waals surface area (Å²) in [6.45, 7) is 0.795.